The number of hydrogen-bond acceptors (Lipinski definition) is 3. The molecule has 0 N–H and O–H groups in total. The maximum Gasteiger partial charge on any atom is 0.0734 e. The number of allylic oxidation sites excluding steroid dienone is 1. The molecule has 0 spiro atoms. The number of hydrogen-bond donors (Lipinski definition) is 1. The zero-order valence-electron chi connectivity index (χ0n) is 9.11. The average Bonchev–Trinajstić information content (AvgIpc) is 2.30. The minimum absolute atomic E-state index is 0.271. The molecule has 80 valence electrons. The number of nitrogens with zero attached hydrogens (tertiary/aromatic N) is 2. The first-order chi connectivity index (χ1) is 6.56. The van der Waals surface area contributed by atoms with E-state index >= 15 is 0 Å². The maximum atomic E-state index is 4.59. The second-order valence-corrected chi connectivity index (χ2v) is 4.54. The molecular weight excluding hydrogens is 192 g/mol. The van der Waals surface area contributed by atoms with Crippen molar-refractivity contribution in [1.82, 2.24) is 9.80 Å². The van der Waals surface area contributed by atoms with Crippen LogP contribution in [0.15, 0.2) is 24.9 Å². The number of thiol groups is 1. The van der Waals surface area contributed by atoms with E-state index in [1.54, 1.807) is 6.08 Å². The van der Waals surface area contributed by atoms with Crippen molar-refractivity contribution in [1.29, 1.82) is 0 Å². The quantitative estimate of drug-likeness (QED) is 0.552. The van der Waals surface area contributed by atoms with Gasteiger partial charge in [-0.25, -0.2) is 0 Å². The van der Waals surface area contributed by atoms with Crippen LogP contribution in [0, 0.1) is 0 Å². The van der Waals surface area contributed by atoms with Gasteiger partial charge in [0.05, 0.1) is 5.37 Å². The minimum Gasteiger partial charge on any atom is -0.359 e. The highest BCUT2D eigenvalue weighted by Gasteiger charge is 2.24. The van der Waals surface area contributed by atoms with Gasteiger partial charge in [-0.2, -0.15) is 12.6 Å². The Kier molecular flexibility index (Phi) is 4.08. The van der Waals surface area contributed by atoms with Gasteiger partial charge >= 0.3 is 0 Å². The van der Waals surface area contributed by atoms with Crippen molar-refractivity contribution in [3.63, 3.8) is 0 Å². The molecule has 0 radical (unpaired) electrons. The molecule has 0 aromatic rings. The normalized spacial score (nSPS) is 29.8. The summed E-state index contributed by atoms with van der Waals surface area (Å²) in [6, 6.07) is 0.545. The fourth-order valence-corrected chi connectivity index (χ4v) is 2.03. The van der Waals surface area contributed by atoms with Crippen molar-refractivity contribution in [2.45, 2.75) is 24.8 Å². The second-order valence-electron chi connectivity index (χ2n) is 3.95. The summed E-state index contributed by atoms with van der Waals surface area (Å²) in [4.78, 5) is 4.59. The van der Waals surface area contributed by atoms with Crippen molar-refractivity contribution < 1.29 is 0 Å². The Labute approximate surface area is 92.7 Å². The lowest BCUT2D eigenvalue weighted by molar-refractivity contribution is 0.245. The molecule has 14 heavy (non-hydrogen) atoms. The molecule has 1 aliphatic heterocycles. The highest BCUT2D eigenvalue weighted by Crippen LogP contribution is 2.20. The van der Waals surface area contributed by atoms with Crippen molar-refractivity contribution in [2.24, 2.45) is 0 Å². The molecule has 0 aromatic carbocycles. The lowest BCUT2D eigenvalue weighted by Crippen LogP contribution is -2.37. The summed E-state index contributed by atoms with van der Waals surface area (Å²) in [7, 11) is 2.16. The van der Waals surface area contributed by atoms with Crippen LogP contribution >= 0.6 is 12.6 Å². The Balaban J connectivity index is 2.73. The van der Waals surface area contributed by atoms with E-state index in [-0.39, 0.29) is 5.37 Å². The van der Waals surface area contributed by atoms with Crippen molar-refractivity contribution >= 4 is 12.6 Å². The Morgan fingerprint density at radius 2 is 2.21 bits per heavy atom. The van der Waals surface area contributed by atoms with Crippen LogP contribution in [0.2, 0.25) is 0 Å². The molecule has 1 heterocycles. The molecule has 0 aliphatic carbocycles. The van der Waals surface area contributed by atoms with E-state index in [9.17, 15) is 0 Å². The van der Waals surface area contributed by atoms with Crippen LogP contribution in [-0.4, -0.2) is 41.4 Å². The molecule has 0 bridgehead atoms. The third kappa shape index (κ3) is 2.55. The number of likely N-dealkylation sites (N-methyl/N-ethyl adjacent to an activating group) is 1. The molecule has 1 rings (SSSR count). The Morgan fingerprint density at radius 1 is 1.57 bits per heavy atom. The van der Waals surface area contributed by atoms with Crippen LogP contribution < -0.4 is 0 Å². The highest BCUT2D eigenvalue weighted by atomic mass is 32.1. The van der Waals surface area contributed by atoms with Crippen LogP contribution in [-0.2, 0) is 0 Å². The summed E-state index contributed by atoms with van der Waals surface area (Å²) in [5.74, 6) is 0. The molecule has 2 atom stereocenters. The van der Waals surface area contributed by atoms with Crippen molar-refractivity contribution in [3.8, 4) is 0 Å². The summed E-state index contributed by atoms with van der Waals surface area (Å²) < 4.78 is 0. The van der Waals surface area contributed by atoms with E-state index in [1.165, 1.54) is 0 Å². The standard InChI is InChI=1S/C11H20N2S/c1-5-9(2)13-8-10(3)12(4)7-6-11(13)14/h5,10-11,14H,1-2,6-8H2,3-4H3. The summed E-state index contributed by atoms with van der Waals surface area (Å²) in [5, 5.41) is 0.271. The topological polar surface area (TPSA) is 6.48 Å². The van der Waals surface area contributed by atoms with Crippen LogP contribution in [0.1, 0.15) is 13.3 Å². The monoisotopic (exact) mass is 212 g/mol. The Hall–Kier alpha value is -0.410. The predicted molar refractivity (Wildman–Crippen MR) is 65.5 cm³/mol. The first-order valence-corrected chi connectivity index (χ1v) is 5.54. The lowest BCUT2D eigenvalue weighted by atomic mass is 10.3. The molecule has 0 aromatic heterocycles. The molecule has 3 heteroatoms. The van der Waals surface area contributed by atoms with Gasteiger partial charge in [0.25, 0.3) is 0 Å². The van der Waals surface area contributed by atoms with Crippen LogP contribution in [0.3, 0.4) is 0 Å². The summed E-state index contributed by atoms with van der Waals surface area (Å²) in [5.41, 5.74) is 0.979. The summed E-state index contributed by atoms with van der Waals surface area (Å²) in [6.07, 6.45) is 2.87. The maximum absolute atomic E-state index is 4.59. The molecule has 2 nitrogen and oxygen atoms in total. The van der Waals surface area contributed by atoms with Gasteiger partial charge in [-0.15, -0.1) is 0 Å². The second kappa shape index (κ2) is 4.89. The highest BCUT2D eigenvalue weighted by molar-refractivity contribution is 7.80. The van der Waals surface area contributed by atoms with Gasteiger partial charge in [0.15, 0.2) is 0 Å². The average molecular weight is 212 g/mol. The summed E-state index contributed by atoms with van der Waals surface area (Å²) in [6.45, 7) is 12.1. The van der Waals surface area contributed by atoms with Gasteiger partial charge in [0, 0.05) is 24.8 Å². The van der Waals surface area contributed by atoms with E-state index in [0.29, 0.717) is 6.04 Å². The van der Waals surface area contributed by atoms with Gasteiger partial charge in [-0.05, 0) is 26.5 Å². The molecule has 1 aliphatic rings. The van der Waals surface area contributed by atoms with Gasteiger partial charge in [0.2, 0.25) is 0 Å². The van der Waals surface area contributed by atoms with E-state index in [1.807, 2.05) is 0 Å². The minimum atomic E-state index is 0.271. The first kappa shape index (κ1) is 11.7. The van der Waals surface area contributed by atoms with Crippen LogP contribution in [0.25, 0.3) is 0 Å². The Bertz CT molecular complexity index is 227. The van der Waals surface area contributed by atoms with Crippen LogP contribution in [0.5, 0.6) is 0 Å². The number of rotatable bonds is 2. The molecule has 0 amide bonds. The predicted octanol–water partition coefficient (Wildman–Crippen LogP) is 1.97. The Morgan fingerprint density at radius 3 is 2.79 bits per heavy atom. The van der Waals surface area contributed by atoms with Gasteiger partial charge in [-0.3, -0.25) is 0 Å². The summed E-state index contributed by atoms with van der Waals surface area (Å²) >= 11 is 4.59. The van der Waals surface area contributed by atoms with E-state index in [4.69, 9.17) is 0 Å². The van der Waals surface area contributed by atoms with E-state index in [0.717, 1.165) is 25.2 Å². The SMILES string of the molecule is C=CC(=C)N1CC(C)N(C)CCC1S. The van der Waals surface area contributed by atoms with Gasteiger partial charge < -0.3 is 9.80 Å². The van der Waals surface area contributed by atoms with Gasteiger partial charge in [0.1, 0.15) is 0 Å². The van der Waals surface area contributed by atoms with Crippen LogP contribution in [0.4, 0.5) is 0 Å². The molecular formula is C11H20N2S. The fourth-order valence-electron chi connectivity index (χ4n) is 1.67. The van der Waals surface area contributed by atoms with E-state index < -0.39 is 0 Å². The fraction of sp³-hybridized carbons (Fsp3) is 0.636. The third-order valence-corrected chi connectivity index (χ3v) is 3.45. The van der Waals surface area contributed by atoms with Crippen molar-refractivity contribution in [2.75, 3.05) is 20.1 Å². The molecule has 0 saturated carbocycles. The molecule has 2 unspecified atom stereocenters. The zero-order valence-corrected chi connectivity index (χ0v) is 10.0. The van der Waals surface area contributed by atoms with Gasteiger partial charge in [-0.1, -0.05) is 13.2 Å². The van der Waals surface area contributed by atoms with E-state index in [2.05, 4.69) is 49.6 Å². The third-order valence-electron chi connectivity index (χ3n) is 2.92. The first-order valence-electron chi connectivity index (χ1n) is 5.02. The van der Waals surface area contributed by atoms with Crippen molar-refractivity contribution in [3.05, 3.63) is 24.9 Å². The zero-order chi connectivity index (χ0) is 10.7. The molecule has 1 saturated heterocycles. The smallest absolute Gasteiger partial charge is 0.0734 e. The largest absolute Gasteiger partial charge is 0.359 e. The lowest BCUT2D eigenvalue weighted by Gasteiger charge is -2.30. The molecule has 1 fully saturated rings.